The van der Waals surface area contributed by atoms with E-state index >= 15 is 0 Å². The average molecular weight is 641 g/mol. The molecular formula is C27H28BrCl2N3O4S. The lowest BCUT2D eigenvalue weighted by molar-refractivity contribution is -0.140. The number of rotatable bonds is 11. The molecule has 3 aromatic carbocycles. The van der Waals surface area contributed by atoms with E-state index in [0.29, 0.717) is 38.7 Å². The third kappa shape index (κ3) is 7.28. The van der Waals surface area contributed by atoms with E-state index in [1.54, 1.807) is 74.5 Å². The fourth-order valence-electron chi connectivity index (χ4n) is 3.92. The largest absolute Gasteiger partial charge is 0.355 e. The van der Waals surface area contributed by atoms with Gasteiger partial charge in [-0.05, 0) is 61.4 Å². The van der Waals surface area contributed by atoms with Crippen LogP contribution in [0.4, 0.5) is 5.69 Å². The minimum absolute atomic E-state index is 0.0117. The van der Waals surface area contributed by atoms with Crippen LogP contribution in [-0.2, 0) is 26.2 Å². The normalized spacial score (nSPS) is 12.0. The van der Waals surface area contributed by atoms with Crippen molar-refractivity contribution in [3.8, 4) is 0 Å². The number of amides is 2. The summed E-state index contributed by atoms with van der Waals surface area (Å²) in [4.78, 5) is 28.3. The van der Waals surface area contributed by atoms with Crippen LogP contribution in [0.1, 0.15) is 25.8 Å². The SMILES string of the molecule is CCNC(=O)[C@@H](CC)N(Cc1ccc(Cl)cc1Cl)C(=O)CN(c1cccc(Br)c1)S(=O)(=O)c1ccccc1. The molecule has 7 nitrogen and oxygen atoms in total. The van der Waals surface area contributed by atoms with E-state index in [9.17, 15) is 18.0 Å². The molecule has 3 aromatic rings. The minimum Gasteiger partial charge on any atom is -0.355 e. The van der Waals surface area contributed by atoms with Crippen LogP contribution in [-0.4, -0.2) is 44.3 Å². The van der Waals surface area contributed by atoms with Crippen molar-refractivity contribution in [3.63, 3.8) is 0 Å². The number of halogens is 3. The van der Waals surface area contributed by atoms with Gasteiger partial charge in [0.05, 0.1) is 10.6 Å². The van der Waals surface area contributed by atoms with E-state index in [-0.39, 0.29) is 17.3 Å². The number of carbonyl (C=O) groups excluding carboxylic acids is 2. The number of hydrogen-bond acceptors (Lipinski definition) is 4. The van der Waals surface area contributed by atoms with Crippen molar-refractivity contribution >= 4 is 66.7 Å². The van der Waals surface area contributed by atoms with Crippen molar-refractivity contribution in [3.05, 3.63) is 92.9 Å². The maximum absolute atomic E-state index is 13.9. The molecule has 0 unspecified atom stereocenters. The maximum atomic E-state index is 13.9. The molecule has 38 heavy (non-hydrogen) atoms. The lowest BCUT2D eigenvalue weighted by Crippen LogP contribution is -2.52. The highest BCUT2D eigenvalue weighted by atomic mass is 79.9. The lowest BCUT2D eigenvalue weighted by Gasteiger charge is -2.33. The van der Waals surface area contributed by atoms with Crippen molar-refractivity contribution < 1.29 is 18.0 Å². The quantitative estimate of drug-likeness (QED) is 0.283. The molecule has 3 rings (SSSR count). The standard InChI is InChI=1S/C27H28BrCl2N3O4S/c1-3-25(27(35)31-4-2)32(17-19-13-14-21(29)16-24(19)30)26(34)18-33(22-10-8-9-20(28)15-22)38(36,37)23-11-6-5-7-12-23/h5-16,25H,3-4,17-18H2,1-2H3,(H,31,35)/t25-/m1/s1. The predicted octanol–water partition coefficient (Wildman–Crippen LogP) is 5.89. The molecule has 0 radical (unpaired) electrons. The zero-order valence-electron chi connectivity index (χ0n) is 20.9. The van der Waals surface area contributed by atoms with Gasteiger partial charge in [0.25, 0.3) is 10.0 Å². The summed E-state index contributed by atoms with van der Waals surface area (Å²) < 4.78 is 29.2. The van der Waals surface area contributed by atoms with Gasteiger partial charge in [-0.25, -0.2) is 8.42 Å². The van der Waals surface area contributed by atoms with Crippen molar-refractivity contribution in [2.45, 2.75) is 37.8 Å². The van der Waals surface area contributed by atoms with E-state index in [0.717, 1.165) is 4.31 Å². The van der Waals surface area contributed by atoms with Gasteiger partial charge in [-0.3, -0.25) is 13.9 Å². The molecular weight excluding hydrogens is 613 g/mol. The minimum atomic E-state index is -4.13. The molecule has 0 aliphatic rings. The van der Waals surface area contributed by atoms with E-state index in [4.69, 9.17) is 23.2 Å². The highest BCUT2D eigenvalue weighted by Gasteiger charge is 2.33. The number of anilines is 1. The Kier molecular flexibility index (Phi) is 10.6. The third-order valence-electron chi connectivity index (χ3n) is 5.80. The Bertz CT molecular complexity index is 1390. The second kappa shape index (κ2) is 13.5. The molecule has 11 heteroatoms. The Morgan fingerprint density at radius 3 is 2.29 bits per heavy atom. The first kappa shape index (κ1) is 30.0. The van der Waals surface area contributed by atoms with Gasteiger partial charge in [0, 0.05) is 27.6 Å². The molecule has 202 valence electrons. The van der Waals surface area contributed by atoms with Crippen LogP contribution in [0.3, 0.4) is 0 Å². The molecule has 1 atom stereocenters. The molecule has 0 aliphatic carbocycles. The molecule has 0 fully saturated rings. The number of hydrogen-bond donors (Lipinski definition) is 1. The van der Waals surface area contributed by atoms with E-state index in [1.807, 2.05) is 0 Å². The van der Waals surface area contributed by atoms with Crippen LogP contribution >= 0.6 is 39.1 Å². The molecule has 0 heterocycles. The van der Waals surface area contributed by atoms with Gasteiger partial charge in [0.15, 0.2) is 0 Å². The van der Waals surface area contributed by atoms with Gasteiger partial charge in [0.2, 0.25) is 11.8 Å². The van der Waals surface area contributed by atoms with Crippen LogP contribution in [0.15, 0.2) is 82.2 Å². The van der Waals surface area contributed by atoms with Crippen LogP contribution in [0.25, 0.3) is 0 Å². The van der Waals surface area contributed by atoms with Gasteiger partial charge >= 0.3 is 0 Å². The average Bonchev–Trinajstić information content (AvgIpc) is 2.88. The Labute approximate surface area is 241 Å². The van der Waals surface area contributed by atoms with Gasteiger partial charge in [-0.2, -0.15) is 0 Å². The van der Waals surface area contributed by atoms with Gasteiger partial charge in [-0.1, -0.05) is 76.4 Å². The first-order valence-electron chi connectivity index (χ1n) is 11.9. The smallest absolute Gasteiger partial charge is 0.264 e. The molecule has 0 saturated carbocycles. The second-order valence-corrected chi connectivity index (χ2v) is 12.0. The summed E-state index contributed by atoms with van der Waals surface area (Å²) >= 11 is 15.8. The van der Waals surface area contributed by atoms with Gasteiger partial charge in [0.1, 0.15) is 12.6 Å². The Morgan fingerprint density at radius 2 is 1.68 bits per heavy atom. The summed E-state index contributed by atoms with van der Waals surface area (Å²) in [6.45, 7) is 3.41. The summed E-state index contributed by atoms with van der Waals surface area (Å²) in [5.41, 5.74) is 0.874. The fraction of sp³-hybridized carbons (Fsp3) is 0.259. The summed E-state index contributed by atoms with van der Waals surface area (Å²) in [5.74, 6) is -0.901. The number of sulfonamides is 1. The maximum Gasteiger partial charge on any atom is 0.264 e. The number of likely N-dealkylation sites (N-methyl/N-ethyl adjacent to an activating group) is 1. The number of nitrogens with one attached hydrogen (secondary N) is 1. The summed E-state index contributed by atoms with van der Waals surface area (Å²) in [6, 6.07) is 18.6. The van der Waals surface area contributed by atoms with Crippen LogP contribution in [0, 0.1) is 0 Å². The van der Waals surface area contributed by atoms with Crippen LogP contribution in [0.2, 0.25) is 10.0 Å². The third-order valence-corrected chi connectivity index (χ3v) is 8.67. The predicted molar refractivity (Wildman–Crippen MR) is 155 cm³/mol. The highest BCUT2D eigenvalue weighted by Crippen LogP contribution is 2.28. The molecule has 0 saturated heterocycles. The van der Waals surface area contributed by atoms with Crippen molar-refractivity contribution in [2.24, 2.45) is 0 Å². The van der Waals surface area contributed by atoms with E-state index < -0.39 is 28.5 Å². The summed E-state index contributed by atoms with van der Waals surface area (Å²) in [6.07, 6.45) is 0.311. The molecule has 2 amide bonds. The number of nitrogens with zero attached hydrogens (tertiary/aromatic N) is 2. The van der Waals surface area contributed by atoms with Crippen molar-refractivity contribution in [1.29, 1.82) is 0 Å². The first-order chi connectivity index (χ1) is 18.1. The van der Waals surface area contributed by atoms with Crippen molar-refractivity contribution in [2.75, 3.05) is 17.4 Å². The molecule has 0 bridgehead atoms. The Hall–Kier alpha value is -2.59. The van der Waals surface area contributed by atoms with E-state index in [2.05, 4.69) is 21.2 Å². The molecule has 1 N–H and O–H groups in total. The molecule has 0 spiro atoms. The van der Waals surface area contributed by atoms with E-state index in [1.165, 1.54) is 17.0 Å². The number of benzene rings is 3. The lowest BCUT2D eigenvalue weighted by atomic mass is 10.1. The summed E-state index contributed by atoms with van der Waals surface area (Å²) in [5, 5.41) is 3.53. The first-order valence-corrected chi connectivity index (χ1v) is 14.9. The zero-order valence-corrected chi connectivity index (χ0v) is 24.8. The fourth-order valence-corrected chi connectivity index (χ4v) is 6.21. The second-order valence-electron chi connectivity index (χ2n) is 8.38. The Morgan fingerprint density at radius 1 is 0.974 bits per heavy atom. The summed E-state index contributed by atoms with van der Waals surface area (Å²) in [7, 11) is -4.13. The Balaban J connectivity index is 2.07. The highest BCUT2D eigenvalue weighted by molar-refractivity contribution is 9.10. The molecule has 0 aromatic heterocycles. The van der Waals surface area contributed by atoms with Crippen LogP contribution in [0.5, 0.6) is 0 Å². The van der Waals surface area contributed by atoms with Crippen molar-refractivity contribution in [1.82, 2.24) is 10.2 Å². The molecule has 0 aliphatic heterocycles. The monoisotopic (exact) mass is 639 g/mol. The van der Waals surface area contributed by atoms with Crippen LogP contribution < -0.4 is 9.62 Å². The number of carbonyl (C=O) groups is 2. The van der Waals surface area contributed by atoms with Gasteiger partial charge in [-0.15, -0.1) is 0 Å². The zero-order chi connectivity index (χ0) is 27.9. The topological polar surface area (TPSA) is 86.8 Å². The van der Waals surface area contributed by atoms with Gasteiger partial charge < -0.3 is 10.2 Å².